The molecule has 0 fully saturated rings. The van der Waals surface area contributed by atoms with Gasteiger partial charge in [-0.15, -0.1) is 0 Å². The number of anilines is 1. The second-order valence-corrected chi connectivity index (χ2v) is 5.69. The summed E-state index contributed by atoms with van der Waals surface area (Å²) in [7, 11) is 0. The zero-order valence-electron chi connectivity index (χ0n) is 14.7. The second kappa shape index (κ2) is 7.86. The van der Waals surface area contributed by atoms with Crippen LogP contribution in [0.4, 0.5) is 14.6 Å². The molecule has 0 saturated heterocycles. The van der Waals surface area contributed by atoms with Gasteiger partial charge in [0.2, 0.25) is 0 Å². The Balaban J connectivity index is 1.85. The van der Waals surface area contributed by atoms with Crippen molar-refractivity contribution >= 4 is 11.7 Å². The third-order valence-electron chi connectivity index (χ3n) is 3.63. The number of hydrogen-bond acceptors (Lipinski definition) is 5. The quantitative estimate of drug-likeness (QED) is 0.733. The van der Waals surface area contributed by atoms with E-state index in [0.717, 1.165) is 6.20 Å². The molecule has 6 nitrogen and oxygen atoms in total. The lowest BCUT2D eigenvalue weighted by molar-refractivity contribution is 0.102. The summed E-state index contributed by atoms with van der Waals surface area (Å²) in [4.78, 5) is 24.4. The predicted octanol–water partition coefficient (Wildman–Crippen LogP) is 4.07. The topological polar surface area (TPSA) is 77.0 Å². The third-order valence-corrected chi connectivity index (χ3v) is 3.63. The highest BCUT2D eigenvalue weighted by atomic mass is 19.1. The van der Waals surface area contributed by atoms with Crippen LogP contribution in [-0.2, 0) is 6.42 Å². The number of pyridine rings is 3. The van der Waals surface area contributed by atoms with Gasteiger partial charge in [0.15, 0.2) is 0 Å². The molecule has 3 aromatic rings. The molecule has 27 heavy (non-hydrogen) atoms. The van der Waals surface area contributed by atoms with Crippen LogP contribution >= 0.6 is 0 Å². The van der Waals surface area contributed by atoms with Crippen LogP contribution in [0.5, 0.6) is 11.5 Å². The van der Waals surface area contributed by atoms with E-state index in [0.29, 0.717) is 17.9 Å². The number of aromatic nitrogens is 3. The molecule has 0 bridgehead atoms. The van der Waals surface area contributed by atoms with Gasteiger partial charge in [0.05, 0.1) is 18.1 Å². The zero-order valence-corrected chi connectivity index (χ0v) is 14.7. The summed E-state index contributed by atoms with van der Waals surface area (Å²) in [6.07, 6.45) is 2.99. The van der Waals surface area contributed by atoms with Crippen molar-refractivity contribution in [3.05, 3.63) is 71.4 Å². The second-order valence-electron chi connectivity index (χ2n) is 5.69. The molecule has 3 aromatic heterocycles. The van der Waals surface area contributed by atoms with Crippen LogP contribution in [0.2, 0.25) is 0 Å². The van der Waals surface area contributed by atoms with Gasteiger partial charge in [-0.2, -0.15) is 0 Å². The molecule has 0 atom stereocenters. The molecule has 0 aliphatic rings. The van der Waals surface area contributed by atoms with E-state index < -0.39 is 17.5 Å². The first-order valence-electron chi connectivity index (χ1n) is 8.18. The molecule has 0 radical (unpaired) electrons. The number of carbonyl (C=O) groups excluding carboxylic acids is 1. The molecule has 0 aliphatic heterocycles. The van der Waals surface area contributed by atoms with Gasteiger partial charge in [0.25, 0.3) is 5.91 Å². The van der Waals surface area contributed by atoms with Crippen molar-refractivity contribution < 1.29 is 18.3 Å². The first kappa shape index (κ1) is 18.4. The standard InChI is InChI=1S/C19H16F2N4O2/c1-3-13-7-14(27-15-6-12(20)9-22-10-15)8-17(24-13)19(26)25-18-5-4-16(21)11(2)23-18/h4-10H,3H2,1-2H3,(H,23,25,26). The van der Waals surface area contributed by atoms with Crippen LogP contribution in [0, 0.1) is 18.6 Å². The summed E-state index contributed by atoms with van der Waals surface area (Å²) >= 11 is 0. The van der Waals surface area contributed by atoms with Crippen LogP contribution in [-0.4, -0.2) is 20.9 Å². The highest BCUT2D eigenvalue weighted by Gasteiger charge is 2.13. The molecule has 138 valence electrons. The molecule has 0 unspecified atom stereocenters. The number of nitrogens with zero attached hydrogens (tertiary/aromatic N) is 3. The summed E-state index contributed by atoms with van der Waals surface area (Å²) in [6.45, 7) is 3.38. The lowest BCUT2D eigenvalue weighted by atomic mass is 10.2. The largest absolute Gasteiger partial charge is 0.455 e. The van der Waals surface area contributed by atoms with Gasteiger partial charge in [-0.3, -0.25) is 9.78 Å². The van der Waals surface area contributed by atoms with E-state index in [4.69, 9.17) is 4.74 Å². The van der Waals surface area contributed by atoms with Crippen LogP contribution in [0.1, 0.15) is 28.8 Å². The van der Waals surface area contributed by atoms with Crippen molar-refractivity contribution in [2.24, 2.45) is 0 Å². The molecule has 0 spiro atoms. The molecule has 3 heterocycles. The van der Waals surface area contributed by atoms with E-state index in [1.54, 1.807) is 6.07 Å². The van der Waals surface area contributed by atoms with Crippen molar-refractivity contribution in [3.63, 3.8) is 0 Å². The Kier molecular flexibility index (Phi) is 5.35. The van der Waals surface area contributed by atoms with Crippen LogP contribution in [0.3, 0.4) is 0 Å². The lowest BCUT2D eigenvalue weighted by Gasteiger charge is -2.10. The van der Waals surface area contributed by atoms with Crippen molar-refractivity contribution in [1.29, 1.82) is 0 Å². The van der Waals surface area contributed by atoms with Crippen molar-refractivity contribution in [2.75, 3.05) is 5.32 Å². The number of hydrogen-bond donors (Lipinski definition) is 1. The van der Waals surface area contributed by atoms with Crippen molar-refractivity contribution in [3.8, 4) is 11.5 Å². The SMILES string of the molecule is CCc1cc(Oc2cncc(F)c2)cc(C(=O)Nc2ccc(F)c(C)n2)n1. The molecular weight excluding hydrogens is 354 g/mol. The minimum absolute atomic E-state index is 0.0949. The molecule has 3 rings (SSSR count). The van der Waals surface area contributed by atoms with Gasteiger partial charge in [0, 0.05) is 23.9 Å². The fourth-order valence-electron chi connectivity index (χ4n) is 2.29. The molecule has 0 aromatic carbocycles. The average Bonchev–Trinajstić information content (AvgIpc) is 2.64. The van der Waals surface area contributed by atoms with E-state index in [1.165, 1.54) is 37.4 Å². The van der Waals surface area contributed by atoms with Gasteiger partial charge >= 0.3 is 0 Å². The van der Waals surface area contributed by atoms with Crippen LogP contribution in [0.15, 0.2) is 42.7 Å². The van der Waals surface area contributed by atoms with Crippen molar-refractivity contribution in [1.82, 2.24) is 15.0 Å². The number of rotatable bonds is 5. The summed E-state index contributed by atoms with van der Waals surface area (Å²) in [5.74, 6) is -0.787. The predicted molar refractivity (Wildman–Crippen MR) is 94.8 cm³/mol. The summed E-state index contributed by atoms with van der Waals surface area (Å²) < 4.78 is 32.2. The van der Waals surface area contributed by atoms with E-state index in [9.17, 15) is 13.6 Å². The Morgan fingerprint density at radius 1 is 1.11 bits per heavy atom. The molecule has 0 saturated carbocycles. The Morgan fingerprint density at radius 3 is 2.63 bits per heavy atom. The number of amides is 1. The normalized spacial score (nSPS) is 10.5. The van der Waals surface area contributed by atoms with Gasteiger partial charge < -0.3 is 10.1 Å². The minimum atomic E-state index is -0.534. The highest BCUT2D eigenvalue weighted by molar-refractivity contribution is 6.02. The monoisotopic (exact) mass is 370 g/mol. The summed E-state index contributed by atoms with van der Waals surface area (Å²) in [5, 5.41) is 2.57. The lowest BCUT2D eigenvalue weighted by Crippen LogP contribution is -2.16. The van der Waals surface area contributed by atoms with Gasteiger partial charge in [-0.1, -0.05) is 6.92 Å². The Labute approximate surface area is 154 Å². The number of nitrogens with one attached hydrogen (secondary N) is 1. The Bertz CT molecular complexity index is 995. The zero-order chi connectivity index (χ0) is 19.4. The number of aryl methyl sites for hydroxylation is 2. The molecule has 1 amide bonds. The molecule has 1 N–H and O–H groups in total. The number of ether oxygens (including phenoxy) is 1. The van der Waals surface area contributed by atoms with Gasteiger partial charge in [-0.05, 0) is 25.5 Å². The fraction of sp³-hybridized carbons (Fsp3) is 0.158. The Morgan fingerprint density at radius 2 is 1.93 bits per heavy atom. The number of halogens is 2. The van der Waals surface area contributed by atoms with Crippen LogP contribution in [0.25, 0.3) is 0 Å². The summed E-state index contributed by atoms with van der Waals surface area (Å²) in [6, 6.07) is 6.85. The fourth-order valence-corrected chi connectivity index (χ4v) is 2.29. The van der Waals surface area contributed by atoms with Crippen molar-refractivity contribution in [2.45, 2.75) is 20.3 Å². The van der Waals surface area contributed by atoms with E-state index in [2.05, 4.69) is 20.3 Å². The average molecular weight is 370 g/mol. The maximum absolute atomic E-state index is 13.3. The van der Waals surface area contributed by atoms with E-state index >= 15 is 0 Å². The van der Waals surface area contributed by atoms with Gasteiger partial charge in [0.1, 0.15) is 34.6 Å². The first-order valence-corrected chi connectivity index (χ1v) is 8.18. The smallest absolute Gasteiger partial charge is 0.275 e. The maximum atomic E-state index is 13.3. The molecule has 0 aliphatic carbocycles. The Hall–Kier alpha value is -3.42. The third kappa shape index (κ3) is 4.60. The first-order chi connectivity index (χ1) is 12.9. The summed E-state index contributed by atoms with van der Waals surface area (Å²) in [5.41, 5.74) is 0.883. The van der Waals surface area contributed by atoms with E-state index in [1.807, 2.05) is 6.92 Å². The van der Waals surface area contributed by atoms with Gasteiger partial charge in [-0.25, -0.2) is 18.7 Å². The minimum Gasteiger partial charge on any atom is -0.455 e. The molecule has 8 heteroatoms. The number of carbonyl (C=O) groups is 1. The molecular formula is C19H16F2N4O2. The van der Waals surface area contributed by atoms with Crippen LogP contribution < -0.4 is 10.1 Å². The highest BCUT2D eigenvalue weighted by Crippen LogP contribution is 2.23. The maximum Gasteiger partial charge on any atom is 0.275 e. The van der Waals surface area contributed by atoms with E-state index in [-0.39, 0.29) is 23.0 Å².